The first kappa shape index (κ1) is 29.7. The van der Waals surface area contributed by atoms with Gasteiger partial charge in [0.1, 0.15) is 23.6 Å². The summed E-state index contributed by atoms with van der Waals surface area (Å²) in [5.74, 6) is 3.33. The number of fused-ring (bicyclic) bond motifs is 1. The molecule has 0 atom stereocenters. The molecule has 9 heteroatoms. The van der Waals surface area contributed by atoms with Crippen molar-refractivity contribution in [2.24, 2.45) is 0 Å². The molecule has 0 saturated heterocycles. The molecule has 1 fully saturated rings. The van der Waals surface area contributed by atoms with Gasteiger partial charge in [0.2, 0.25) is 0 Å². The monoisotopic (exact) mass is 604 g/mol. The molecule has 1 aliphatic carbocycles. The molecule has 1 N–H and O–H groups in total. The molecule has 1 heterocycles. The molecule has 1 amide bonds. The highest BCUT2D eigenvalue weighted by Crippen LogP contribution is 2.34. The number of ether oxygens (including phenoxy) is 4. The lowest BCUT2D eigenvalue weighted by molar-refractivity contribution is 0.0729. The number of carbonyl (C=O) groups excluding carboxylic acids is 1. The minimum atomic E-state index is -0.0177. The zero-order valence-corrected chi connectivity index (χ0v) is 25.9. The van der Waals surface area contributed by atoms with E-state index in [1.54, 1.807) is 53.0 Å². The number of anilines is 1. The molecular formula is C36H36N4O5. The summed E-state index contributed by atoms with van der Waals surface area (Å²) in [4.78, 5) is 24.7. The third kappa shape index (κ3) is 6.47. The van der Waals surface area contributed by atoms with Crippen LogP contribution in [-0.2, 0) is 13.1 Å². The zero-order chi connectivity index (χ0) is 31.3. The number of amides is 1. The number of nitrogens with one attached hydrogen (secondary N) is 1. The summed E-state index contributed by atoms with van der Waals surface area (Å²) in [6, 6.07) is 25.8. The lowest BCUT2D eigenvalue weighted by atomic mass is 10.0. The second kappa shape index (κ2) is 13.1. The van der Waals surface area contributed by atoms with Gasteiger partial charge >= 0.3 is 0 Å². The molecule has 1 aromatic heterocycles. The minimum absolute atomic E-state index is 0.0177. The van der Waals surface area contributed by atoms with Crippen LogP contribution in [0.15, 0.2) is 85.2 Å². The van der Waals surface area contributed by atoms with Crippen LogP contribution in [0.3, 0.4) is 0 Å². The van der Waals surface area contributed by atoms with Crippen LogP contribution in [0.25, 0.3) is 22.0 Å². The van der Waals surface area contributed by atoms with E-state index in [0.717, 1.165) is 63.3 Å². The topological polar surface area (TPSA) is 95.0 Å². The van der Waals surface area contributed by atoms with Gasteiger partial charge in [0, 0.05) is 41.7 Å². The maximum Gasteiger partial charge on any atom is 0.254 e. The second-order valence-electron chi connectivity index (χ2n) is 10.9. The SMILES string of the molecule is COc1ccc(CNc2ncnc3ccc(-c4cccc(CN(C(=O)c5ccc(OC)c(OC)c5)C5CC5)c4)cc23)c(OC)c1. The lowest BCUT2D eigenvalue weighted by Gasteiger charge is -2.23. The van der Waals surface area contributed by atoms with E-state index in [-0.39, 0.29) is 11.9 Å². The Kier molecular flexibility index (Phi) is 8.68. The average Bonchev–Trinajstić information content (AvgIpc) is 3.94. The summed E-state index contributed by atoms with van der Waals surface area (Å²) in [6.45, 7) is 1.03. The lowest BCUT2D eigenvalue weighted by Crippen LogP contribution is -2.32. The predicted octanol–water partition coefficient (Wildman–Crippen LogP) is 6.75. The van der Waals surface area contributed by atoms with Crippen molar-refractivity contribution < 1.29 is 23.7 Å². The second-order valence-corrected chi connectivity index (χ2v) is 10.9. The molecule has 4 aromatic carbocycles. The number of methoxy groups -OCH3 is 4. The normalized spacial score (nSPS) is 12.4. The molecule has 5 aromatic rings. The van der Waals surface area contributed by atoms with E-state index >= 15 is 0 Å². The number of carbonyl (C=O) groups is 1. The van der Waals surface area contributed by atoms with Crippen molar-refractivity contribution in [3.8, 4) is 34.1 Å². The smallest absolute Gasteiger partial charge is 0.254 e. The summed E-state index contributed by atoms with van der Waals surface area (Å²) < 4.78 is 21.7. The van der Waals surface area contributed by atoms with Gasteiger partial charge < -0.3 is 29.2 Å². The molecule has 0 unspecified atom stereocenters. The van der Waals surface area contributed by atoms with Crippen molar-refractivity contribution in [1.29, 1.82) is 0 Å². The van der Waals surface area contributed by atoms with Gasteiger partial charge in [-0.15, -0.1) is 0 Å². The average molecular weight is 605 g/mol. The number of benzene rings is 4. The number of hydrogen-bond donors (Lipinski definition) is 1. The van der Waals surface area contributed by atoms with Gasteiger partial charge in [-0.1, -0.05) is 24.3 Å². The Bertz CT molecular complexity index is 1840. The third-order valence-corrected chi connectivity index (χ3v) is 8.07. The molecular weight excluding hydrogens is 568 g/mol. The van der Waals surface area contributed by atoms with Crippen molar-refractivity contribution in [2.45, 2.75) is 32.0 Å². The Balaban J connectivity index is 1.24. The standard InChI is InChI=1S/C36H36N4O5/c1-42-29-13-8-27(33(19-29)44-3)20-37-35-30-17-25(9-14-31(30)38-22-39-35)24-7-5-6-23(16-24)21-40(28-11-12-28)36(41)26-10-15-32(43-2)34(18-26)45-4/h5-10,13-19,22,28H,11-12,20-21H2,1-4H3,(H,37,38,39). The van der Waals surface area contributed by atoms with Gasteiger partial charge in [0.15, 0.2) is 11.5 Å². The third-order valence-electron chi connectivity index (χ3n) is 8.07. The Morgan fingerprint density at radius 3 is 2.36 bits per heavy atom. The Hall–Kier alpha value is -5.31. The Morgan fingerprint density at radius 1 is 0.800 bits per heavy atom. The molecule has 0 bridgehead atoms. The molecule has 0 spiro atoms. The van der Waals surface area contributed by atoms with E-state index in [9.17, 15) is 4.79 Å². The molecule has 0 aliphatic heterocycles. The number of hydrogen-bond acceptors (Lipinski definition) is 8. The van der Waals surface area contributed by atoms with Crippen LogP contribution in [0.5, 0.6) is 23.0 Å². The molecule has 9 nitrogen and oxygen atoms in total. The number of aromatic nitrogens is 2. The van der Waals surface area contributed by atoms with Crippen LogP contribution in [0.2, 0.25) is 0 Å². The highest BCUT2D eigenvalue weighted by Gasteiger charge is 2.33. The summed E-state index contributed by atoms with van der Waals surface area (Å²) in [5, 5.41) is 4.38. The van der Waals surface area contributed by atoms with E-state index < -0.39 is 0 Å². The fourth-order valence-corrected chi connectivity index (χ4v) is 5.49. The van der Waals surface area contributed by atoms with Crippen molar-refractivity contribution >= 4 is 22.6 Å². The molecule has 0 radical (unpaired) electrons. The Labute approximate surface area is 262 Å². The van der Waals surface area contributed by atoms with Crippen molar-refractivity contribution in [1.82, 2.24) is 14.9 Å². The fourth-order valence-electron chi connectivity index (χ4n) is 5.49. The van der Waals surface area contributed by atoms with E-state index in [1.807, 2.05) is 35.2 Å². The van der Waals surface area contributed by atoms with Crippen LogP contribution in [-0.4, -0.2) is 55.3 Å². The first-order valence-electron chi connectivity index (χ1n) is 14.8. The molecule has 230 valence electrons. The summed E-state index contributed by atoms with van der Waals surface area (Å²) in [6.07, 6.45) is 3.57. The molecule has 1 aliphatic rings. The van der Waals surface area contributed by atoms with Crippen LogP contribution in [0, 0.1) is 0 Å². The Morgan fingerprint density at radius 2 is 1.60 bits per heavy atom. The first-order valence-corrected chi connectivity index (χ1v) is 14.8. The number of rotatable bonds is 12. The van der Waals surface area contributed by atoms with E-state index in [0.29, 0.717) is 30.2 Å². The van der Waals surface area contributed by atoms with Crippen molar-refractivity contribution in [3.05, 3.63) is 102 Å². The van der Waals surface area contributed by atoms with Gasteiger partial charge in [0.05, 0.1) is 34.0 Å². The fraction of sp³-hybridized carbons (Fsp3) is 0.250. The minimum Gasteiger partial charge on any atom is -0.497 e. The van der Waals surface area contributed by atoms with E-state index in [1.165, 1.54) is 0 Å². The molecule has 6 rings (SSSR count). The maximum atomic E-state index is 13.7. The van der Waals surface area contributed by atoms with Gasteiger partial charge in [-0.2, -0.15) is 0 Å². The summed E-state index contributed by atoms with van der Waals surface area (Å²) in [5.41, 5.74) is 5.55. The predicted molar refractivity (Wildman–Crippen MR) is 174 cm³/mol. The maximum absolute atomic E-state index is 13.7. The van der Waals surface area contributed by atoms with Gasteiger partial charge in [-0.25, -0.2) is 9.97 Å². The van der Waals surface area contributed by atoms with Gasteiger partial charge in [0.25, 0.3) is 5.91 Å². The zero-order valence-electron chi connectivity index (χ0n) is 25.9. The quantitative estimate of drug-likeness (QED) is 0.167. The number of nitrogens with zero attached hydrogens (tertiary/aromatic N) is 3. The highest BCUT2D eigenvalue weighted by molar-refractivity contribution is 5.95. The van der Waals surface area contributed by atoms with Crippen molar-refractivity contribution in [2.75, 3.05) is 33.8 Å². The van der Waals surface area contributed by atoms with Crippen LogP contribution < -0.4 is 24.3 Å². The van der Waals surface area contributed by atoms with Gasteiger partial charge in [-0.3, -0.25) is 4.79 Å². The van der Waals surface area contributed by atoms with E-state index in [2.05, 4.69) is 45.6 Å². The summed E-state index contributed by atoms with van der Waals surface area (Å²) in [7, 11) is 6.44. The first-order chi connectivity index (χ1) is 22.0. The van der Waals surface area contributed by atoms with E-state index in [4.69, 9.17) is 18.9 Å². The highest BCUT2D eigenvalue weighted by atomic mass is 16.5. The molecule has 45 heavy (non-hydrogen) atoms. The largest absolute Gasteiger partial charge is 0.497 e. The molecule has 1 saturated carbocycles. The van der Waals surface area contributed by atoms with Crippen LogP contribution >= 0.6 is 0 Å². The van der Waals surface area contributed by atoms with Gasteiger partial charge in [-0.05, 0) is 78.1 Å². The van der Waals surface area contributed by atoms with Crippen LogP contribution in [0.1, 0.15) is 34.3 Å². The van der Waals surface area contributed by atoms with Crippen molar-refractivity contribution in [3.63, 3.8) is 0 Å². The van der Waals surface area contributed by atoms with Crippen LogP contribution in [0.4, 0.5) is 5.82 Å². The summed E-state index contributed by atoms with van der Waals surface area (Å²) >= 11 is 0.